The van der Waals surface area contributed by atoms with Crippen LogP contribution in [0.5, 0.6) is 0 Å². The van der Waals surface area contributed by atoms with Crippen molar-refractivity contribution in [2.45, 2.75) is 19.3 Å². The number of anilines is 3. The van der Waals surface area contributed by atoms with Crippen molar-refractivity contribution >= 4 is 27.8 Å². The monoisotopic (exact) mass is 411 g/mol. The predicted molar refractivity (Wildman–Crippen MR) is 136 cm³/mol. The van der Waals surface area contributed by atoms with Crippen LogP contribution in [0.1, 0.15) is 25.0 Å². The maximum absolute atomic E-state index is 2.43. The van der Waals surface area contributed by atoms with E-state index in [-0.39, 0.29) is 5.41 Å². The van der Waals surface area contributed by atoms with E-state index in [0.717, 1.165) is 0 Å². The lowest BCUT2D eigenvalue weighted by Crippen LogP contribution is -2.30. The molecule has 0 amide bonds. The van der Waals surface area contributed by atoms with E-state index in [1.54, 1.807) is 0 Å². The molecular formula is C31H25N. The molecule has 5 aromatic rings. The van der Waals surface area contributed by atoms with Crippen LogP contribution >= 0.6 is 0 Å². The average Bonchev–Trinajstić information content (AvgIpc) is 2.85. The van der Waals surface area contributed by atoms with Crippen molar-refractivity contribution < 1.29 is 0 Å². The molecule has 1 aliphatic rings. The maximum Gasteiger partial charge on any atom is 0.0503 e. The smallest absolute Gasteiger partial charge is 0.0503 e. The average molecular weight is 412 g/mol. The van der Waals surface area contributed by atoms with E-state index in [1.807, 2.05) is 0 Å². The van der Waals surface area contributed by atoms with E-state index in [1.165, 1.54) is 50.1 Å². The summed E-state index contributed by atoms with van der Waals surface area (Å²) in [5.41, 5.74) is 8.83. The summed E-state index contributed by atoms with van der Waals surface area (Å²) in [6, 6.07) is 41.8. The van der Waals surface area contributed by atoms with Crippen molar-refractivity contribution in [3.05, 3.63) is 126 Å². The topological polar surface area (TPSA) is 3.24 Å². The summed E-state index contributed by atoms with van der Waals surface area (Å²) >= 11 is 0. The fraction of sp³-hybridized carbons (Fsp3) is 0.0968. The lowest BCUT2D eigenvalue weighted by Gasteiger charge is -2.42. The van der Waals surface area contributed by atoms with Gasteiger partial charge in [0.25, 0.3) is 0 Å². The Kier molecular flexibility index (Phi) is 4.19. The standard InChI is InChI=1S/C31H25N/c1-31(2)27-14-8-9-15-29(27)32(26-18-16-23-12-6-7-13-24(23)20-26)30-19-17-25(21-28(30)31)22-10-4-3-5-11-22/h3-21H,1-2H3. The Labute approximate surface area is 189 Å². The van der Waals surface area contributed by atoms with Crippen LogP contribution in [0.4, 0.5) is 17.1 Å². The van der Waals surface area contributed by atoms with Crippen LogP contribution in [0.3, 0.4) is 0 Å². The maximum atomic E-state index is 2.43. The molecule has 0 radical (unpaired) electrons. The highest BCUT2D eigenvalue weighted by molar-refractivity contribution is 5.92. The number of benzene rings is 5. The summed E-state index contributed by atoms with van der Waals surface area (Å²) in [5, 5.41) is 2.52. The lowest BCUT2D eigenvalue weighted by atomic mass is 9.73. The molecule has 0 unspecified atom stereocenters. The Bertz CT molecular complexity index is 1450. The third-order valence-corrected chi connectivity index (χ3v) is 6.83. The Hall–Kier alpha value is -3.84. The number of para-hydroxylation sites is 1. The zero-order valence-corrected chi connectivity index (χ0v) is 18.4. The third kappa shape index (κ3) is 2.85. The molecule has 5 aromatic carbocycles. The fourth-order valence-electron chi connectivity index (χ4n) is 5.11. The van der Waals surface area contributed by atoms with Gasteiger partial charge < -0.3 is 4.90 Å². The molecule has 1 aliphatic heterocycles. The normalized spacial score (nSPS) is 14.1. The van der Waals surface area contributed by atoms with E-state index in [2.05, 4.69) is 134 Å². The molecule has 0 aromatic heterocycles. The molecule has 1 nitrogen and oxygen atoms in total. The number of fused-ring (bicyclic) bond motifs is 3. The Morgan fingerprint density at radius 3 is 2.03 bits per heavy atom. The quantitative estimate of drug-likeness (QED) is 0.281. The summed E-state index contributed by atoms with van der Waals surface area (Å²) in [7, 11) is 0. The Morgan fingerprint density at radius 1 is 0.500 bits per heavy atom. The van der Waals surface area contributed by atoms with E-state index < -0.39 is 0 Å². The molecule has 0 spiro atoms. The van der Waals surface area contributed by atoms with E-state index in [4.69, 9.17) is 0 Å². The van der Waals surface area contributed by atoms with Crippen LogP contribution in [0.15, 0.2) is 115 Å². The Balaban J connectivity index is 1.61. The minimum Gasteiger partial charge on any atom is -0.310 e. The highest BCUT2D eigenvalue weighted by atomic mass is 15.2. The minimum absolute atomic E-state index is 0.0932. The number of rotatable bonds is 2. The molecule has 0 aliphatic carbocycles. The number of nitrogens with zero attached hydrogens (tertiary/aromatic N) is 1. The van der Waals surface area contributed by atoms with Crippen LogP contribution in [0, 0.1) is 0 Å². The van der Waals surface area contributed by atoms with Crippen LogP contribution in [0.2, 0.25) is 0 Å². The first-order chi connectivity index (χ1) is 15.6. The molecule has 6 rings (SSSR count). The molecular weight excluding hydrogens is 386 g/mol. The second-order valence-electron chi connectivity index (χ2n) is 9.11. The largest absolute Gasteiger partial charge is 0.310 e. The van der Waals surface area contributed by atoms with Crippen molar-refractivity contribution in [3.63, 3.8) is 0 Å². The van der Waals surface area contributed by atoms with Crippen LogP contribution in [-0.4, -0.2) is 0 Å². The van der Waals surface area contributed by atoms with Gasteiger partial charge in [-0.2, -0.15) is 0 Å². The molecule has 0 bridgehead atoms. The van der Waals surface area contributed by atoms with Gasteiger partial charge in [-0.05, 0) is 63.4 Å². The Morgan fingerprint density at radius 2 is 1.19 bits per heavy atom. The van der Waals surface area contributed by atoms with E-state index >= 15 is 0 Å². The van der Waals surface area contributed by atoms with Crippen LogP contribution < -0.4 is 4.90 Å². The summed E-state index contributed by atoms with van der Waals surface area (Å²) < 4.78 is 0. The van der Waals surface area contributed by atoms with Gasteiger partial charge in [0.1, 0.15) is 0 Å². The predicted octanol–water partition coefficient (Wildman–Crippen LogP) is 8.62. The van der Waals surface area contributed by atoms with Gasteiger partial charge in [-0.25, -0.2) is 0 Å². The lowest BCUT2D eigenvalue weighted by molar-refractivity contribution is 0.632. The first-order valence-electron chi connectivity index (χ1n) is 11.2. The second-order valence-corrected chi connectivity index (χ2v) is 9.11. The number of hydrogen-bond donors (Lipinski definition) is 0. The van der Waals surface area contributed by atoms with Gasteiger partial charge in [0, 0.05) is 11.1 Å². The molecule has 0 saturated heterocycles. The van der Waals surface area contributed by atoms with Crippen molar-refractivity contribution in [2.24, 2.45) is 0 Å². The van der Waals surface area contributed by atoms with Gasteiger partial charge in [0.05, 0.1) is 11.4 Å². The first-order valence-corrected chi connectivity index (χ1v) is 11.2. The molecule has 32 heavy (non-hydrogen) atoms. The van der Waals surface area contributed by atoms with Gasteiger partial charge in [-0.3, -0.25) is 0 Å². The van der Waals surface area contributed by atoms with Gasteiger partial charge >= 0.3 is 0 Å². The molecule has 0 N–H and O–H groups in total. The van der Waals surface area contributed by atoms with Crippen molar-refractivity contribution in [1.82, 2.24) is 0 Å². The van der Waals surface area contributed by atoms with Crippen LogP contribution in [0.25, 0.3) is 21.9 Å². The second kappa shape index (κ2) is 7.10. The molecule has 0 atom stereocenters. The zero-order chi connectivity index (χ0) is 21.7. The minimum atomic E-state index is -0.0932. The van der Waals surface area contributed by atoms with Gasteiger partial charge in [-0.1, -0.05) is 98.8 Å². The van der Waals surface area contributed by atoms with Gasteiger partial charge in [-0.15, -0.1) is 0 Å². The summed E-state index contributed by atoms with van der Waals surface area (Å²) in [5.74, 6) is 0. The van der Waals surface area contributed by atoms with E-state index in [9.17, 15) is 0 Å². The molecule has 0 fully saturated rings. The SMILES string of the molecule is CC1(C)c2ccccc2N(c2ccc3ccccc3c2)c2ccc(-c3ccccc3)cc21. The van der Waals surface area contributed by atoms with Gasteiger partial charge in [0.2, 0.25) is 0 Å². The van der Waals surface area contributed by atoms with Crippen molar-refractivity contribution in [2.75, 3.05) is 4.90 Å². The molecule has 1 heteroatoms. The fourth-order valence-corrected chi connectivity index (χ4v) is 5.11. The summed E-state index contributed by atoms with van der Waals surface area (Å²) in [6.07, 6.45) is 0. The molecule has 0 saturated carbocycles. The highest BCUT2D eigenvalue weighted by Crippen LogP contribution is 2.52. The van der Waals surface area contributed by atoms with Crippen molar-refractivity contribution in [1.29, 1.82) is 0 Å². The zero-order valence-electron chi connectivity index (χ0n) is 18.4. The van der Waals surface area contributed by atoms with Crippen molar-refractivity contribution in [3.8, 4) is 11.1 Å². The third-order valence-electron chi connectivity index (χ3n) is 6.83. The summed E-state index contributed by atoms with van der Waals surface area (Å²) in [6.45, 7) is 4.69. The van der Waals surface area contributed by atoms with E-state index in [0.29, 0.717) is 0 Å². The molecule has 154 valence electrons. The van der Waals surface area contributed by atoms with Crippen LogP contribution in [-0.2, 0) is 5.41 Å². The summed E-state index contributed by atoms with van der Waals surface area (Å²) in [4.78, 5) is 2.43. The van der Waals surface area contributed by atoms with Gasteiger partial charge in [0.15, 0.2) is 0 Å². The molecule has 1 heterocycles. The number of hydrogen-bond acceptors (Lipinski definition) is 1. The highest BCUT2D eigenvalue weighted by Gasteiger charge is 2.36. The first kappa shape index (κ1) is 18.9.